The van der Waals surface area contributed by atoms with Gasteiger partial charge in [0.15, 0.2) is 11.8 Å². The topological polar surface area (TPSA) is 73.3 Å². The van der Waals surface area contributed by atoms with Crippen molar-refractivity contribution in [2.45, 2.75) is 19.0 Å². The Morgan fingerprint density at radius 3 is 2.61 bits per heavy atom. The van der Waals surface area contributed by atoms with Crippen molar-refractivity contribution in [2.75, 3.05) is 18.2 Å². The highest BCUT2D eigenvalue weighted by atomic mass is 32.2. The van der Waals surface area contributed by atoms with Crippen LogP contribution in [-0.2, 0) is 4.79 Å². The molecule has 28 heavy (non-hydrogen) atoms. The average molecular weight is 395 g/mol. The van der Waals surface area contributed by atoms with Crippen LogP contribution in [0.5, 0.6) is 11.5 Å². The number of rotatable bonds is 7. The molecule has 0 fully saturated rings. The third kappa shape index (κ3) is 5.72. The van der Waals surface area contributed by atoms with Crippen LogP contribution in [0.25, 0.3) is 0 Å². The van der Waals surface area contributed by atoms with E-state index in [1.807, 2.05) is 50.4 Å². The number of hydrogen-bond acceptors (Lipinski definition) is 7. The number of carbonyl (C=O) groups is 1. The van der Waals surface area contributed by atoms with Gasteiger partial charge in [-0.05, 0) is 49.9 Å². The highest BCUT2D eigenvalue weighted by Crippen LogP contribution is 2.22. The van der Waals surface area contributed by atoms with Crippen LogP contribution in [0.3, 0.4) is 0 Å². The maximum Gasteiger partial charge on any atom is 0.349 e. The smallest absolute Gasteiger partial charge is 0.349 e. The number of benzene rings is 2. The molecule has 0 aliphatic carbocycles. The Hall–Kier alpha value is -3.06. The number of aryl methyl sites for hydroxylation is 2. The number of esters is 1. The van der Waals surface area contributed by atoms with E-state index < -0.39 is 5.97 Å². The fourth-order valence-electron chi connectivity index (χ4n) is 2.49. The van der Waals surface area contributed by atoms with Gasteiger partial charge in [0.05, 0.1) is 0 Å². The van der Waals surface area contributed by atoms with Crippen molar-refractivity contribution in [1.82, 2.24) is 9.97 Å². The number of ether oxygens (including phenoxy) is 2. The monoisotopic (exact) mass is 395 g/mol. The van der Waals surface area contributed by atoms with Gasteiger partial charge in [-0.15, -0.1) is 0 Å². The van der Waals surface area contributed by atoms with Gasteiger partial charge in [-0.1, -0.05) is 30.0 Å². The first-order valence-corrected chi connectivity index (χ1v) is 9.91. The van der Waals surface area contributed by atoms with Gasteiger partial charge >= 0.3 is 5.97 Å². The molecule has 6 nitrogen and oxygen atoms in total. The summed E-state index contributed by atoms with van der Waals surface area (Å²) >= 11 is 1.48. The van der Waals surface area contributed by atoms with E-state index >= 15 is 0 Å². The summed E-state index contributed by atoms with van der Waals surface area (Å²) in [5.41, 5.74) is 2.70. The molecule has 1 N–H and O–H groups in total. The Labute approximate surface area is 168 Å². The number of anilines is 2. The Balaban J connectivity index is 1.61. The normalized spacial score (nSPS) is 10.4. The number of hydrogen-bond donors (Lipinski definition) is 1. The van der Waals surface area contributed by atoms with Gasteiger partial charge in [0.2, 0.25) is 0 Å². The molecule has 3 rings (SSSR count). The molecule has 0 radical (unpaired) electrons. The molecule has 144 valence electrons. The number of carbonyl (C=O) groups excluding carboxylic acids is 1. The van der Waals surface area contributed by atoms with Crippen LogP contribution in [0.4, 0.5) is 11.5 Å². The van der Waals surface area contributed by atoms with Crippen molar-refractivity contribution in [3.8, 4) is 11.5 Å². The van der Waals surface area contributed by atoms with Crippen molar-refractivity contribution in [3.05, 3.63) is 65.9 Å². The maximum atomic E-state index is 12.1. The van der Waals surface area contributed by atoms with E-state index in [-0.39, 0.29) is 6.61 Å². The molecule has 1 heterocycles. The number of nitrogens with zero attached hydrogens (tertiary/aromatic N) is 2. The Kier molecular flexibility index (Phi) is 6.49. The minimum atomic E-state index is -0.471. The summed E-state index contributed by atoms with van der Waals surface area (Å²) in [5, 5.41) is 3.90. The zero-order valence-corrected chi connectivity index (χ0v) is 16.7. The lowest BCUT2D eigenvalue weighted by Gasteiger charge is -2.10. The average Bonchev–Trinajstić information content (AvgIpc) is 2.66. The second kappa shape index (κ2) is 9.23. The van der Waals surface area contributed by atoms with Gasteiger partial charge in [0.1, 0.15) is 17.3 Å². The van der Waals surface area contributed by atoms with E-state index in [9.17, 15) is 4.79 Å². The fourth-order valence-corrected chi connectivity index (χ4v) is 2.92. The van der Waals surface area contributed by atoms with Gasteiger partial charge in [-0.25, -0.2) is 14.8 Å². The summed E-state index contributed by atoms with van der Waals surface area (Å²) in [4.78, 5) is 20.8. The van der Waals surface area contributed by atoms with Crippen LogP contribution in [0.2, 0.25) is 0 Å². The molecule has 2 aromatic carbocycles. The quantitative estimate of drug-likeness (QED) is 0.272. The number of thioether (sulfide) groups is 1. The van der Waals surface area contributed by atoms with Crippen LogP contribution >= 0.6 is 11.8 Å². The minimum absolute atomic E-state index is 0.163. The fraction of sp³-hybridized carbons (Fsp3) is 0.190. The predicted octanol–water partition coefficient (Wildman–Crippen LogP) is 4.54. The predicted molar refractivity (Wildman–Crippen MR) is 111 cm³/mol. The molecule has 7 heteroatoms. The molecule has 0 saturated carbocycles. The molecule has 0 aliphatic heterocycles. The highest BCUT2D eigenvalue weighted by molar-refractivity contribution is 7.98. The van der Waals surface area contributed by atoms with E-state index in [0.717, 1.165) is 16.9 Å². The zero-order valence-electron chi connectivity index (χ0n) is 15.9. The van der Waals surface area contributed by atoms with Crippen molar-refractivity contribution in [3.63, 3.8) is 0 Å². The summed E-state index contributed by atoms with van der Waals surface area (Å²) < 4.78 is 10.8. The third-order valence-corrected chi connectivity index (χ3v) is 4.25. The first-order valence-electron chi connectivity index (χ1n) is 8.69. The standard InChI is InChI=1S/C21H21N3O3S/c1-14-6-4-8-17(10-14)26-13-20(25)27-18-9-5-7-16(12-18)23-19-11-15(2)22-21(24-19)28-3/h4-12H,13H2,1-3H3,(H,22,23,24). The number of aromatic nitrogens is 2. The van der Waals surface area contributed by atoms with Crippen LogP contribution < -0.4 is 14.8 Å². The second-order valence-corrected chi connectivity index (χ2v) is 6.89. The second-order valence-electron chi connectivity index (χ2n) is 6.11. The Morgan fingerprint density at radius 1 is 1.04 bits per heavy atom. The van der Waals surface area contributed by atoms with Crippen molar-refractivity contribution in [1.29, 1.82) is 0 Å². The maximum absolute atomic E-state index is 12.1. The van der Waals surface area contributed by atoms with Crippen LogP contribution in [0, 0.1) is 13.8 Å². The molecule has 0 unspecified atom stereocenters. The number of nitrogens with one attached hydrogen (secondary N) is 1. The van der Waals surface area contributed by atoms with E-state index in [2.05, 4.69) is 15.3 Å². The molecule has 0 saturated heterocycles. The molecule has 1 aromatic heterocycles. The van der Waals surface area contributed by atoms with E-state index in [1.54, 1.807) is 24.3 Å². The Bertz CT molecular complexity index is 979. The summed E-state index contributed by atoms with van der Waals surface area (Å²) in [5.74, 6) is 1.28. The lowest BCUT2D eigenvalue weighted by molar-refractivity contribution is -0.136. The van der Waals surface area contributed by atoms with Crippen molar-refractivity contribution in [2.24, 2.45) is 0 Å². The van der Waals surface area contributed by atoms with Crippen LogP contribution in [0.15, 0.2) is 59.8 Å². The molecular formula is C21H21N3O3S. The first kappa shape index (κ1) is 19.7. The van der Waals surface area contributed by atoms with Gasteiger partial charge in [0.25, 0.3) is 0 Å². The SMILES string of the molecule is CSc1nc(C)cc(Nc2cccc(OC(=O)COc3cccc(C)c3)c2)n1. The summed E-state index contributed by atoms with van der Waals surface area (Å²) in [7, 11) is 0. The molecule has 0 bridgehead atoms. The molecule has 0 amide bonds. The molecule has 3 aromatic rings. The summed E-state index contributed by atoms with van der Waals surface area (Å²) in [6, 6.07) is 16.5. The lowest BCUT2D eigenvalue weighted by atomic mass is 10.2. The van der Waals surface area contributed by atoms with Gasteiger partial charge < -0.3 is 14.8 Å². The van der Waals surface area contributed by atoms with Crippen LogP contribution in [-0.4, -0.2) is 28.8 Å². The lowest BCUT2D eigenvalue weighted by Crippen LogP contribution is -2.17. The van der Waals surface area contributed by atoms with Crippen molar-refractivity contribution >= 4 is 29.2 Å². The Morgan fingerprint density at radius 2 is 1.82 bits per heavy atom. The van der Waals surface area contributed by atoms with Gasteiger partial charge in [0, 0.05) is 23.5 Å². The van der Waals surface area contributed by atoms with Gasteiger partial charge in [-0.2, -0.15) is 0 Å². The first-order chi connectivity index (χ1) is 13.5. The summed E-state index contributed by atoms with van der Waals surface area (Å²) in [6.45, 7) is 3.72. The molecule has 0 atom stereocenters. The zero-order chi connectivity index (χ0) is 19.9. The minimum Gasteiger partial charge on any atom is -0.482 e. The molecular weight excluding hydrogens is 374 g/mol. The van der Waals surface area contributed by atoms with E-state index in [0.29, 0.717) is 22.5 Å². The third-order valence-electron chi connectivity index (χ3n) is 3.70. The highest BCUT2D eigenvalue weighted by Gasteiger charge is 2.08. The largest absolute Gasteiger partial charge is 0.482 e. The van der Waals surface area contributed by atoms with E-state index in [1.165, 1.54) is 11.8 Å². The van der Waals surface area contributed by atoms with E-state index in [4.69, 9.17) is 9.47 Å². The van der Waals surface area contributed by atoms with Gasteiger partial charge in [-0.3, -0.25) is 0 Å². The molecule has 0 spiro atoms. The van der Waals surface area contributed by atoms with Crippen LogP contribution in [0.1, 0.15) is 11.3 Å². The van der Waals surface area contributed by atoms with Crippen molar-refractivity contribution < 1.29 is 14.3 Å². The summed E-state index contributed by atoms with van der Waals surface area (Å²) in [6.07, 6.45) is 1.93. The molecule has 0 aliphatic rings.